The van der Waals surface area contributed by atoms with Crippen LogP contribution in [0.25, 0.3) is 11.2 Å². The molecule has 0 aliphatic carbocycles. The predicted octanol–water partition coefficient (Wildman–Crippen LogP) is -0.662. The van der Waals surface area contributed by atoms with E-state index in [9.17, 15) is 4.57 Å². The van der Waals surface area contributed by atoms with Crippen LogP contribution in [-0.4, -0.2) is 47.5 Å². The second-order valence-electron chi connectivity index (χ2n) is 4.02. The topological polar surface area (TPSA) is 167 Å². The quantitative estimate of drug-likeness (QED) is 0.264. The van der Waals surface area contributed by atoms with Crippen LogP contribution in [-0.2, 0) is 15.7 Å². The number of ether oxygens (including phenoxy) is 1. The van der Waals surface area contributed by atoms with Crippen molar-refractivity contribution in [1.29, 1.82) is 0 Å². The number of nitrogen functional groups attached to an aromatic ring is 1. The Balaban J connectivity index is 1.88. The van der Waals surface area contributed by atoms with Crippen molar-refractivity contribution in [2.75, 3.05) is 12.3 Å². The molecule has 6 N–H and O–H groups in total. The molecule has 2 rings (SSSR count). The van der Waals surface area contributed by atoms with E-state index in [2.05, 4.69) is 24.7 Å². The molecule has 0 aromatic carbocycles. The normalized spacial score (nSPS) is 13.8. The highest BCUT2D eigenvalue weighted by atomic mass is 31.2. The van der Waals surface area contributed by atoms with Crippen LogP contribution < -0.4 is 5.73 Å². The van der Waals surface area contributed by atoms with E-state index in [0.717, 1.165) is 0 Å². The fourth-order valence-corrected chi connectivity index (χ4v) is 1.83. The van der Waals surface area contributed by atoms with Crippen LogP contribution in [0.3, 0.4) is 0 Å². The Labute approximate surface area is 113 Å². The molecule has 0 aliphatic heterocycles. The van der Waals surface area contributed by atoms with E-state index in [1.165, 1.54) is 6.33 Å². The van der Waals surface area contributed by atoms with Gasteiger partial charge in [-0.2, -0.15) is 0 Å². The maximum Gasteiger partial charge on any atom is 0.381 e. The molecule has 0 spiro atoms. The molecule has 2 aromatic rings. The van der Waals surface area contributed by atoms with Crippen LogP contribution in [0.15, 0.2) is 6.33 Å². The van der Waals surface area contributed by atoms with Gasteiger partial charge >= 0.3 is 7.60 Å². The Hall–Kier alpha value is -1.58. The maximum absolute atomic E-state index is 10.6. The van der Waals surface area contributed by atoms with Gasteiger partial charge in [0.05, 0.1) is 12.9 Å². The molecule has 0 saturated carbocycles. The highest BCUT2D eigenvalue weighted by Gasteiger charge is 2.26. The van der Waals surface area contributed by atoms with Crippen LogP contribution in [0.5, 0.6) is 0 Å². The zero-order valence-electron chi connectivity index (χ0n) is 10.3. The highest BCUT2D eigenvalue weighted by Crippen LogP contribution is 2.39. The van der Waals surface area contributed by atoms with Gasteiger partial charge in [-0.05, 0) is 6.42 Å². The summed E-state index contributed by atoms with van der Waals surface area (Å²) in [6.07, 6.45) is 2.20. The molecule has 11 heteroatoms. The number of aryl methyl sites for hydroxylation is 1. The summed E-state index contributed by atoms with van der Waals surface area (Å²) < 4.78 is 15.2. The van der Waals surface area contributed by atoms with Crippen molar-refractivity contribution in [2.24, 2.45) is 0 Å². The highest BCUT2D eigenvalue weighted by molar-refractivity contribution is 7.52. The van der Waals surface area contributed by atoms with E-state index in [1.807, 2.05) is 0 Å². The van der Waals surface area contributed by atoms with E-state index >= 15 is 0 Å². The minimum Gasteiger partial charge on any atom is -0.382 e. The standard InChI is InChI=1S/C9H14N5O5P/c10-7-6-8(12-4-11-6)14-5(13-7)2-1-3-19-9(15)20(16,17)18/h4,9,15H,1-3H2,(H2,16,17,18)(H3,10,11,12,13,14). The van der Waals surface area contributed by atoms with Crippen molar-refractivity contribution >= 4 is 24.6 Å². The van der Waals surface area contributed by atoms with E-state index < -0.39 is 13.6 Å². The Morgan fingerprint density at radius 3 is 2.90 bits per heavy atom. The smallest absolute Gasteiger partial charge is 0.381 e. The molecule has 0 bridgehead atoms. The Morgan fingerprint density at radius 1 is 1.45 bits per heavy atom. The summed E-state index contributed by atoms with van der Waals surface area (Å²) in [5, 5.41) is 8.99. The minimum absolute atomic E-state index is 0.0475. The van der Waals surface area contributed by atoms with Gasteiger partial charge in [0.25, 0.3) is 6.03 Å². The first kappa shape index (κ1) is 14.8. The first-order valence-electron chi connectivity index (χ1n) is 5.68. The summed E-state index contributed by atoms with van der Waals surface area (Å²) in [6.45, 7) is -0.0475. The van der Waals surface area contributed by atoms with Gasteiger partial charge in [-0.1, -0.05) is 0 Å². The molecule has 2 aromatic heterocycles. The number of aromatic amines is 1. The molecule has 0 amide bonds. The van der Waals surface area contributed by atoms with E-state index in [-0.39, 0.29) is 12.4 Å². The number of hydrogen-bond acceptors (Lipinski definition) is 7. The first-order chi connectivity index (χ1) is 9.38. The van der Waals surface area contributed by atoms with Crippen LogP contribution >= 0.6 is 7.60 Å². The molecule has 10 nitrogen and oxygen atoms in total. The summed E-state index contributed by atoms with van der Waals surface area (Å²) >= 11 is 0. The van der Waals surface area contributed by atoms with Gasteiger partial charge in [0, 0.05) is 6.42 Å². The summed E-state index contributed by atoms with van der Waals surface area (Å²) in [5.74, 6) is 0.718. The number of aromatic nitrogens is 4. The van der Waals surface area contributed by atoms with Gasteiger partial charge in [0.1, 0.15) is 11.3 Å². The molecule has 1 atom stereocenters. The average Bonchev–Trinajstić information content (AvgIpc) is 2.82. The molecule has 0 radical (unpaired) electrons. The molecule has 0 aliphatic rings. The van der Waals surface area contributed by atoms with E-state index in [4.69, 9.17) is 20.6 Å². The van der Waals surface area contributed by atoms with Crippen molar-refractivity contribution in [1.82, 2.24) is 19.9 Å². The van der Waals surface area contributed by atoms with Gasteiger partial charge in [0.2, 0.25) is 0 Å². The monoisotopic (exact) mass is 303 g/mol. The lowest BCUT2D eigenvalue weighted by molar-refractivity contribution is -0.0556. The minimum atomic E-state index is -4.63. The fraction of sp³-hybridized carbons (Fsp3) is 0.444. The largest absolute Gasteiger partial charge is 0.382 e. The number of H-pyrrole nitrogens is 1. The molecule has 1 unspecified atom stereocenters. The second kappa shape index (κ2) is 5.81. The number of aliphatic hydroxyl groups excluding tert-OH is 1. The van der Waals surface area contributed by atoms with Crippen LogP contribution in [0, 0.1) is 0 Å². The lowest BCUT2D eigenvalue weighted by Gasteiger charge is -2.12. The van der Waals surface area contributed by atoms with Crippen molar-refractivity contribution in [2.45, 2.75) is 18.9 Å². The Morgan fingerprint density at radius 2 is 2.20 bits per heavy atom. The number of nitrogens with zero attached hydrogens (tertiary/aromatic N) is 3. The zero-order chi connectivity index (χ0) is 14.8. The van der Waals surface area contributed by atoms with Gasteiger partial charge in [0.15, 0.2) is 11.5 Å². The van der Waals surface area contributed by atoms with E-state index in [1.54, 1.807) is 0 Å². The number of nitrogens with two attached hydrogens (primary N) is 1. The summed E-state index contributed by atoms with van der Waals surface area (Å²) in [7, 11) is -4.63. The molecule has 20 heavy (non-hydrogen) atoms. The molecular weight excluding hydrogens is 289 g/mol. The lowest BCUT2D eigenvalue weighted by atomic mass is 10.3. The number of aliphatic hydroxyl groups is 1. The van der Waals surface area contributed by atoms with Crippen LogP contribution in [0.2, 0.25) is 0 Å². The SMILES string of the molecule is Nc1nc(CCCOC(O)P(=O)(O)O)nc2nc[nH]c12. The number of fused-ring (bicyclic) bond motifs is 1. The Bertz CT molecular complexity index is 641. The summed E-state index contributed by atoms with van der Waals surface area (Å²) in [5.41, 5.74) is 6.72. The first-order valence-corrected chi connectivity index (χ1v) is 7.36. The third-order valence-electron chi connectivity index (χ3n) is 2.46. The maximum atomic E-state index is 10.6. The summed E-state index contributed by atoms with van der Waals surface area (Å²) in [6, 6.07) is -2.11. The van der Waals surface area contributed by atoms with Crippen molar-refractivity contribution in [3.8, 4) is 0 Å². The number of hydrogen-bond donors (Lipinski definition) is 5. The number of nitrogens with one attached hydrogen (secondary N) is 1. The third kappa shape index (κ3) is 3.50. The molecule has 0 saturated heterocycles. The number of rotatable bonds is 6. The van der Waals surface area contributed by atoms with Gasteiger partial charge in [-0.15, -0.1) is 0 Å². The predicted molar refractivity (Wildman–Crippen MR) is 68.4 cm³/mol. The van der Waals surface area contributed by atoms with Crippen molar-refractivity contribution in [3.63, 3.8) is 0 Å². The summed E-state index contributed by atoms with van der Waals surface area (Å²) in [4.78, 5) is 32.2. The van der Waals surface area contributed by atoms with Crippen LogP contribution in [0.1, 0.15) is 12.2 Å². The molecule has 0 fully saturated rings. The number of imidazole rings is 1. The molecule has 2 heterocycles. The molecule has 110 valence electrons. The second-order valence-corrected chi connectivity index (χ2v) is 5.64. The van der Waals surface area contributed by atoms with Gasteiger partial charge in [-0.3, -0.25) is 4.57 Å². The van der Waals surface area contributed by atoms with Crippen molar-refractivity contribution in [3.05, 3.63) is 12.2 Å². The lowest BCUT2D eigenvalue weighted by Crippen LogP contribution is -2.13. The molecular formula is C9H14N5O5P. The van der Waals surface area contributed by atoms with Gasteiger partial charge < -0.3 is 30.3 Å². The zero-order valence-corrected chi connectivity index (χ0v) is 11.2. The van der Waals surface area contributed by atoms with E-state index in [0.29, 0.717) is 29.8 Å². The fourth-order valence-electron chi connectivity index (χ4n) is 1.53. The van der Waals surface area contributed by atoms with Gasteiger partial charge in [-0.25, -0.2) is 15.0 Å². The Kier molecular flexibility index (Phi) is 4.31. The van der Waals surface area contributed by atoms with Crippen LogP contribution in [0.4, 0.5) is 5.82 Å². The average molecular weight is 303 g/mol. The third-order valence-corrected chi connectivity index (χ3v) is 3.18. The van der Waals surface area contributed by atoms with Crippen molar-refractivity contribution < 1.29 is 24.2 Å². The number of anilines is 1.